The normalized spacial score (nSPS) is 12.0. The number of amides is 1. The van der Waals surface area contributed by atoms with Crippen LogP contribution in [0.3, 0.4) is 0 Å². The fourth-order valence-electron chi connectivity index (χ4n) is 2.39. The first-order chi connectivity index (χ1) is 13.6. The lowest BCUT2D eigenvalue weighted by Crippen LogP contribution is -2.23. The number of carbonyl (C=O) groups is 1. The fraction of sp³-hybridized carbons (Fsp3) is 0.105. The molecule has 10 heteroatoms. The van der Waals surface area contributed by atoms with Gasteiger partial charge in [0.25, 0.3) is 5.91 Å². The molecule has 0 fully saturated rings. The van der Waals surface area contributed by atoms with Gasteiger partial charge >= 0.3 is 6.18 Å². The third kappa shape index (κ3) is 5.24. The maximum absolute atomic E-state index is 12.6. The smallest absolute Gasteiger partial charge is 0.416 e. The summed E-state index contributed by atoms with van der Waals surface area (Å²) in [4.78, 5) is 11.6. The van der Waals surface area contributed by atoms with Gasteiger partial charge in [0, 0.05) is 12.2 Å². The zero-order valence-electron chi connectivity index (χ0n) is 14.7. The summed E-state index contributed by atoms with van der Waals surface area (Å²) in [5.74, 6) is -0.274. The minimum Gasteiger partial charge on any atom is -0.459 e. The van der Waals surface area contributed by atoms with Crippen LogP contribution >= 0.6 is 0 Å². The number of benzene rings is 2. The first-order valence-corrected chi connectivity index (χ1v) is 9.74. The van der Waals surface area contributed by atoms with Crippen LogP contribution in [-0.2, 0) is 22.7 Å². The van der Waals surface area contributed by atoms with Crippen LogP contribution in [0.1, 0.15) is 21.7 Å². The van der Waals surface area contributed by atoms with E-state index >= 15 is 0 Å². The molecule has 0 bridgehead atoms. The van der Waals surface area contributed by atoms with Gasteiger partial charge in [-0.3, -0.25) is 4.79 Å². The lowest BCUT2D eigenvalue weighted by Gasteiger charge is -2.10. The zero-order valence-corrected chi connectivity index (χ0v) is 15.5. The Morgan fingerprint density at radius 2 is 1.62 bits per heavy atom. The molecule has 3 rings (SSSR count). The minimum absolute atomic E-state index is 0.0736. The summed E-state index contributed by atoms with van der Waals surface area (Å²) >= 11 is 0. The van der Waals surface area contributed by atoms with E-state index in [0.717, 1.165) is 12.1 Å². The topological polar surface area (TPSA) is 88.4 Å². The lowest BCUT2D eigenvalue weighted by molar-refractivity contribution is -0.137. The molecule has 0 atom stereocenters. The molecule has 6 nitrogen and oxygen atoms in total. The monoisotopic (exact) mass is 424 g/mol. The van der Waals surface area contributed by atoms with Gasteiger partial charge in [-0.2, -0.15) is 13.2 Å². The molecule has 0 spiro atoms. The Morgan fingerprint density at radius 1 is 0.966 bits per heavy atom. The Bertz CT molecular complexity index is 1080. The second-order valence-corrected chi connectivity index (χ2v) is 7.74. The number of sulfonamides is 1. The second kappa shape index (κ2) is 8.10. The molecule has 0 aliphatic heterocycles. The van der Waals surface area contributed by atoms with Gasteiger partial charge in [0.1, 0.15) is 0 Å². The molecule has 0 radical (unpaired) electrons. The largest absolute Gasteiger partial charge is 0.459 e. The molecule has 0 saturated heterocycles. The summed E-state index contributed by atoms with van der Waals surface area (Å²) in [6.07, 6.45) is -3.16. The number of alkyl halides is 3. The first kappa shape index (κ1) is 20.6. The summed E-state index contributed by atoms with van der Waals surface area (Å²) in [5, 5.41) is 2.62. The van der Waals surface area contributed by atoms with E-state index in [4.69, 9.17) is 4.42 Å². The van der Waals surface area contributed by atoms with Crippen molar-refractivity contribution in [3.05, 3.63) is 83.8 Å². The van der Waals surface area contributed by atoms with Gasteiger partial charge in [0.05, 0.1) is 16.7 Å². The van der Waals surface area contributed by atoms with Crippen molar-refractivity contribution in [2.24, 2.45) is 0 Å². The van der Waals surface area contributed by atoms with E-state index in [9.17, 15) is 26.4 Å². The van der Waals surface area contributed by atoms with Crippen LogP contribution < -0.4 is 10.0 Å². The van der Waals surface area contributed by atoms with Gasteiger partial charge < -0.3 is 9.73 Å². The molecule has 0 saturated carbocycles. The Balaban J connectivity index is 1.61. The van der Waals surface area contributed by atoms with Crippen LogP contribution in [-0.4, -0.2) is 14.3 Å². The van der Waals surface area contributed by atoms with Crippen molar-refractivity contribution in [3.63, 3.8) is 0 Å². The minimum atomic E-state index is -4.54. The number of halogens is 3. The molecule has 2 aromatic carbocycles. The average molecular weight is 424 g/mol. The summed E-state index contributed by atoms with van der Waals surface area (Å²) in [5.41, 5.74) is 0.154. The first-order valence-electron chi connectivity index (χ1n) is 8.26. The molecule has 1 aromatic heterocycles. The van der Waals surface area contributed by atoms with Crippen molar-refractivity contribution in [3.8, 4) is 0 Å². The van der Waals surface area contributed by atoms with Crippen LogP contribution in [0.25, 0.3) is 0 Å². The Morgan fingerprint density at radius 3 is 2.17 bits per heavy atom. The molecule has 0 aliphatic rings. The predicted octanol–water partition coefficient (Wildman–Crippen LogP) is 4.03. The van der Waals surface area contributed by atoms with Crippen molar-refractivity contribution in [1.29, 1.82) is 0 Å². The quantitative estimate of drug-likeness (QED) is 0.625. The van der Waals surface area contributed by atoms with Gasteiger partial charge in [-0.25, -0.2) is 13.1 Å². The van der Waals surface area contributed by atoms with E-state index in [0.29, 0.717) is 23.4 Å². The summed E-state index contributed by atoms with van der Waals surface area (Å²) in [6.45, 7) is -0.0736. The molecule has 2 N–H and O–H groups in total. The fourth-order valence-corrected chi connectivity index (χ4v) is 3.41. The van der Waals surface area contributed by atoms with Crippen LogP contribution in [0.5, 0.6) is 0 Å². The van der Waals surface area contributed by atoms with Crippen LogP contribution in [0.2, 0.25) is 0 Å². The summed E-state index contributed by atoms with van der Waals surface area (Å²) in [6, 6.07) is 12.7. The molecule has 152 valence electrons. The molecule has 3 aromatic rings. The van der Waals surface area contributed by atoms with Crippen molar-refractivity contribution in [2.75, 3.05) is 5.32 Å². The Hall–Kier alpha value is -3.11. The molecule has 1 heterocycles. The number of hydrogen-bond acceptors (Lipinski definition) is 4. The van der Waals surface area contributed by atoms with Crippen molar-refractivity contribution >= 4 is 21.6 Å². The highest BCUT2D eigenvalue weighted by atomic mass is 32.2. The highest BCUT2D eigenvalue weighted by molar-refractivity contribution is 7.89. The van der Waals surface area contributed by atoms with Gasteiger partial charge in [-0.1, -0.05) is 12.1 Å². The van der Waals surface area contributed by atoms with E-state index in [1.807, 2.05) is 0 Å². The summed E-state index contributed by atoms with van der Waals surface area (Å²) < 4.78 is 69.5. The third-order valence-corrected chi connectivity index (χ3v) is 5.33. The average Bonchev–Trinajstić information content (AvgIpc) is 3.22. The molecular weight excluding hydrogens is 409 g/mol. The van der Waals surface area contributed by atoms with Crippen LogP contribution in [0.4, 0.5) is 18.9 Å². The highest BCUT2D eigenvalue weighted by Gasteiger charge is 2.30. The molecular formula is C19H15F3N2O4S. The van der Waals surface area contributed by atoms with Gasteiger partial charge in [-0.05, 0) is 54.1 Å². The number of rotatable bonds is 6. The van der Waals surface area contributed by atoms with E-state index in [-0.39, 0.29) is 17.2 Å². The number of anilines is 1. The van der Waals surface area contributed by atoms with Crippen LogP contribution in [0.15, 0.2) is 76.2 Å². The predicted molar refractivity (Wildman–Crippen MR) is 98.6 cm³/mol. The number of carbonyl (C=O) groups excluding carboxylic acids is 1. The third-order valence-electron chi connectivity index (χ3n) is 3.92. The maximum atomic E-state index is 12.6. The maximum Gasteiger partial charge on any atom is 0.416 e. The molecule has 0 aliphatic carbocycles. The standard InChI is InChI=1S/C19H15F3N2O4S/c20-19(21,22)14-5-9-16(10-6-14)29(26,27)23-12-13-3-7-15(8-4-13)24-18(25)17-2-1-11-28-17/h1-11,23H,12H2,(H,24,25). The SMILES string of the molecule is O=C(Nc1ccc(CNS(=O)(=O)c2ccc(C(F)(F)F)cc2)cc1)c1ccco1. The molecule has 0 unspecified atom stereocenters. The Kier molecular flexibility index (Phi) is 5.76. The van der Waals surface area contributed by atoms with Crippen LogP contribution in [0, 0.1) is 0 Å². The number of nitrogens with one attached hydrogen (secondary N) is 2. The van der Waals surface area contributed by atoms with Gasteiger partial charge in [0.2, 0.25) is 10.0 Å². The molecule has 1 amide bonds. The van der Waals surface area contributed by atoms with Gasteiger partial charge in [0.15, 0.2) is 5.76 Å². The lowest BCUT2D eigenvalue weighted by atomic mass is 10.2. The Labute approximate surface area is 164 Å². The van der Waals surface area contributed by atoms with E-state index in [1.165, 1.54) is 12.3 Å². The van der Waals surface area contributed by atoms with Gasteiger partial charge in [-0.15, -0.1) is 0 Å². The van der Waals surface area contributed by atoms with E-state index in [2.05, 4.69) is 10.0 Å². The number of hydrogen-bond donors (Lipinski definition) is 2. The number of furan rings is 1. The van der Waals surface area contributed by atoms with Crippen molar-refractivity contribution in [1.82, 2.24) is 4.72 Å². The van der Waals surface area contributed by atoms with Crippen molar-refractivity contribution < 1.29 is 30.8 Å². The molecule has 29 heavy (non-hydrogen) atoms. The summed E-state index contributed by atoms with van der Waals surface area (Å²) in [7, 11) is -3.98. The van der Waals surface area contributed by atoms with Crippen molar-refractivity contribution in [2.45, 2.75) is 17.6 Å². The second-order valence-electron chi connectivity index (χ2n) is 5.98. The van der Waals surface area contributed by atoms with E-state index < -0.39 is 27.7 Å². The zero-order chi connectivity index (χ0) is 21.1. The highest BCUT2D eigenvalue weighted by Crippen LogP contribution is 2.29. The van der Waals surface area contributed by atoms with E-state index in [1.54, 1.807) is 30.3 Å².